The number of hydrogen-bond acceptors (Lipinski definition) is 3. The first-order chi connectivity index (χ1) is 11.0. The molecule has 5 heteroatoms. The van der Waals surface area contributed by atoms with E-state index in [9.17, 15) is 4.79 Å². The van der Waals surface area contributed by atoms with Crippen LogP contribution in [0, 0.1) is 13.8 Å². The van der Waals surface area contributed by atoms with E-state index in [0.29, 0.717) is 0 Å². The number of amides is 1. The maximum atomic E-state index is 11.2. The summed E-state index contributed by atoms with van der Waals surface area (Å²) in [5, 5.41) is 2.80. The molecule has 1 N–H and O–H groups in total. The van der Waals surface area contributed by atoms with Gasteiger partial charge in [-0.2, -0.15) is 0 Å². The van der Waals surface area contributed by atoms with E-state index in [4.69, 9.17) is 0 Å². The summed E-state index contributed by atoms with van der Waals surface area (Å²) in [4.78, 5) is 20.2. The molecule has 0 unspecified atom stereocenters. The van der Waals surface area contributed by atoms with Gasteiger partial charge in [0.2, 0.25) is 5.91 Å². The van der Waals surface area contributed by atoms with Crippen LogP contribution in [0.15, 0.2) is 48.8 Å². The minimum atomic E-state index is -0.0792. The summed E-state index contributed by atoms with van der Waals surface area (Å²) in [6, 6.07) is 11.7. The van der Waals surface area contributed by atoms with Gasteiger partial charge in [-0.1, -0.05) is 6.07 Å². The van der Waals surface area contributed by atoms with Crippen LogP contribution in [0.2, 0.25) is 0 Å². The largest absolute Gasteiger partial charge is 0.326 e. The first kappa shape index (κ1) is 15.0. The number of pyridine rings is 1. The van der Waals surface area contributed by atoms with Crippen molar-refractivity contribution in [2.24, 2.45) is 0 Å². The van der Waals surface area contributed by atoms with Crippen LogP contribution in [0.1, 0.15) is 18.2 Å². The number of carbonyl (C=O) groups excluding carboxylic acids is 1. The van der Waals surface area contributed by atoms with Gasteiger partial charge < -0.3 is 5.32 Å². The highest BCUT2D eigenvalue weighted by molar-refractivity contribution is 5.88. The molecule has 0 fully saturated rings. The molecule has 23 heavy (non-hydrogen) atoms. The van der Waals surface area contributed by atoms with Gasteiger partial charge in [0.1, 0.15) is 5.69 Å². The summed E-state index contributed by atoms with van der Waals surface area (Å²) >= 11 is 0. The van der Waals surface area contributed by atoms with Crippen LogP contribution in [-0.4, -0.2) is 20.4 Å². The number of anilines is 1. The number of rotatable bonds is 3. The Labute approximate surface area is 135 Å². The third kappa shape index (κ3) is 3.13. The molecule has 116 valence electrons. The molecule has 3 aromatic rings. The van der Waals surface area contributed by atoms with Crippen LogP contribution in [0.4, 0.5) is 5.69 Å². The van der Waals surface area contributed by atoms with E-state index in [0.717, 1.165) is 34.2 Å². The van der Waals surface area contributed by atoms with Crippen molar-refractivity contribution in [2.75, 3.05) is 5.32 Å². The van der Waals surface area contributed by atoms with Gasteiger partial charge in [-0.25, -0.2) is 9.97 Å². The number of carbonyl (C=O) groups is 1. The molecule has 0 aliphatic rings. The van der Waals surface area contributed by atoms with Crippen LogP contribution in [0.3, 0.4) is 0 Å². The Bertz CT molecular complexity index is 867. The van der Waals surface area contributed by atoms with Crippen molar-refractivity contribution in [1.29, 1.82) is 0 Å². The van der Waals surface area contributed by atoms with Crippen molar-refractivity contribution in [3.8, 4) is 17.2 Å². The maximum Gasteiger partial charge on any atom is 0.221 e. The highest BCUT2D eigenvalue weighted by atomic mass is 16.1. The van der Waals surface area contributed by atoms with Gasteiger partial charge in [0, 0.05) is 30.7 Å². The zero-order chi connectivity index (χ0) is 16.4. The Balaban J connectivity index is 2.04. The monoisotopic (exact) mass is 306 g/mol. The molecule has 0 atom stereocenters. The minimum absolute atomic E-state index is 0.0792. The number of nitrogens with one attached hydrogen (secondary N) is 1. The van der Waals surface area contributed by atoms with Crippen molar-refractivity contribution >= 4 is 11.6 Å². The molecule has 3 rings (SSSR count). The zero-order valence-electron chi connectivity index (χ0n) is 13.4. The highest BCUT2D eigenvalue weighted by Crippen LogP contribution is 2.24. The zero-order valence-corrected chi connectivity index (χ0v) is 13.4. The van der Waals surface area contributed by atoms with E-state index < -0.39 is 0 Å². The summed E-state index contributed by atoms with van der Waals surface area (Å²) < 4.78 is 2.01. The number of hydrogen-bond donors (Lipinski definition) is 1. The van der Waals surface area contributed by atoms with Crippen molar-refractivity contribution in [2.45, 2.75) is 20.8 Å². The van der Waals surface area contributed by atoms with Crippen LogP contribution in [-0.2, 0) is 4.79 Å². The molecule has 1 amide bonds. The van der Waals surface area contributed by atoms with Crippen LogP contribution in [0.25, 0.3) is 17.2 Å². The molecule has 0 saturated heterocycles. The Morgan fingerprint density at radius 3 is 2.70 bits per heavy atom. The smallest absolute Gasteiger partial charge is 0.221 e. The van der Waals surface area contributed by atoms with Gasteiger partial charge in [-0.15, -0.1) is 0 Å². The lowest BCUT2D eigenvalue weighted by molar-refractivity contribution is -0.114. The van der Waals surface area contributed by atoms with Gasteiger partial charge >= 0.3 is 0 Å². The first-order valence-electron chi connectivity index (χ1n) is 7.40. The molecule has 0 spiro atoms. The quantitative estimate of drug-likeness (QED) is 0.805. The average molecular weight is 306 g/mol. The van der Waals surface area contributed by atoms with E-state index in [1.807, 2.05) is 61.0 Å². The summed E-state index contributed by atoms with van der Waals surface area (Å²) in [6.45, 7) is 5.47. The van der Waals surface area contributed by atoms with Gasteiger partial charge in [-0.3, -0.25) is 9.36 Å². The lowest BCUT2D eigenvalue weighted by Gasteiger charge is -2.12. The fraction of sp³-hybridized carbons (Fsp3) is 0.167. The maximum absolute atomic E-state index is 11.2. The van der Waals surface area contributed by atoms with Crippen molar-refractivity contribution < 1.29 is 4.79 Å². The number of benzene rings is 1. The Hall–Kier alpha value is -2.95. The van der Waals surface area contributed by atoms with Crippen LogP contribution < -0.4 is 5.32 Å². The molecular weight excluding hydrogens is 288 g/mol. The van der Waals surface area contributed by atoms with Gasteiger partial charge in [-0.05, 0) is 49.7 Å². The Kier molecular flexibility index (Phi) is 3.93. The SMILES string of the molecule is CC(=O)Nc1ccc(-n2ccnc2-c2cccc(C)n2)c(C)c1. The topological polar surface area (TPSA) is 59.8 Å². The molecular formula is C18H18N4O. The normalized spacial score (nSPS) is 10.6. The van der Waals surface area contributed by atoms with Gasteiger partial charge in [0.15, 0.2) is 5.82 Å². The summed E-state index contributed by atoms with van der Waals surface area (Å²) in [5.41, 5.74) is 4.63. The Morgan fingerprint density at radius 2 is 2.00 bits per heavy atom. The Morgan fingerprint density at radius 1 is 1.17 bits per heavy atom. The predicted molar refractivity (Wildman–Crippen MR) is 90.6 cm³/mol. The summed E-state index contributed by atoms with van der Waals surface area (Å²) in [6.07, 6.45) is 3.68. The number of aromatic nitrogens is 3. The molecule has 5 nitrogen and oxygen atoms in total. The van der Waals surface area contributed by atoms with Crippen LogP contribution in [0.5, 0.6) is 0 Å². The average Bonchev–Trinajstić information content (AvgIpc) is 2.96. The lowest BCUT2D eigenvalue weighted by atomic mass is 10.1. The molecule has 1 aromatic carbocycles. The molecule has 0 aliphatic heterocycles. The molecule has 2 heterocycles. The predicted octanol–water partition coefficient (Wildman–Crippen LogP) is 3.51. The number of imidazole rings is 1. The second-order valence-electron chi connectivity index (χ2n) is 5.47. The van der Waals surface area contributed by atoms with Crippen molar-refractivity contribution in [3.63, 3.8) is 0 Å². The first-order valence-corrected chi connectivity index (χ1v) is 7.40. The summed E-state index contributed by atoms with van der Waals surface area (Å²) in [7, 11) is 0. The fourth-order valence-electron chi connectivity index (χ4n) is 2.56. The van der Waals surface area contributed by atoms with Gasteiger partial charge in [0.05, 0.1) is 5.69 Å². The second kappa shape index (κ2) is 6.04. The van der Waals surface area contributed by atoms with E-state index in [2.05, 4.69) is 15.3 Å². The van der Waals surface area contributed by atoms with E-state index in [1.54, 1.807) is 6.20 Å². The van der Waals surface area contributed by atoms with E-state index in [1.165, 1.54) is 6.92 Å². The standard InChI is InChI=1S/C18H18N4O/c1-12-11-15(21-14(3)23)7-8-17(12)22-10-9-19-18(22)16-6-4-5-13(2)20-16/h4-11H,1-3H3,(H,21,23). The van der Waals surface area contributed by atoms with Crippen molar-refractivity contribution in [3.05, 3.63) is 60.0 Å². The number of nitrogens with zero attached hydrogens (tertiary/aromatic N) is 3. The lowest BCUT2D eigenvalue weighted by Crippen LogP contribution is -2.07. The van der Waals surface area contributed by atoms with Crippen molar-refractivity contribution in [1.82, 2.24) is 14.5 Å². The molecule has 0 aliphatic carbocycles. The molecule has 2 aromatic heterocycles. The molecule has 0 radical (unpaired) electrons. The highest BCUT2D eigenvalue weighted by Gasteiger charge is 2.11. The van der Waals surface area contributed by atoms with E-state index in [-0.39, 0.29) is 5.91 Å². The third-order valence-corrected chi connectivity index (χ3v) is 3.53. The van der Waals surface area contributed by atoms with E-state index >= 15 is 0 Å². The van der Waals surface area contributed by atoms with Gasteiger partial charge in [0.25, 0.3) is 0 Å². The molecule has 0 saturated carbocycles. The molecule has 0 bridgehead atoms. The number of aryl methyl sites for hydroxylation is 2. The third-order valence-electron chi connectivity index (χ3n) is 3.53. The second-order valence-corrected chi connectivity index (χ2v) is 5.47. The summed E-state index contributed by atoms with van der Waals surface area (Å²) in [5.74, 6) is 0.716. The fourth-order valence-corrected chi connectivity index (χ4v) is 2.56. The van der Waals surface area contributed by atoms with Crippen LogP contribution >= 0.6 is 0 Å². The minimum Gasteiger partial charge on any atom is -0.326 e.